The second-order valence-electron chi connectivity index (χ2n) is 8.57. The van der Waals surface area contributed by atoms with Crippen LogP contribution in [-0.4, -0.2) is 42.5 Å². The van der Waals surface area contributed by atoms with Gasteiger partial charge in [0.05, 0.1) is 13.5 Å². The van der Waals surface area contributed by atoms with Crippen LogP contribution in [0.4, 0.5) is 10.1 Å². The van der Waals surface area contributed by atoms with Gasteiger partial charge in [-0.15, -0.1) is 0 Å². The van der Waals surface area contributed by atoms with Crippen molar-refractivity contribution in [1.82, 2.24) is 10.3 Å². The number of anilines is 1. The molecule has 8 nitrogen and oxygen atoms in total. The van der Waals surface area contributed by atoms with Gasteiger partial charge in [-0.05, 0) is 64.7 Å². The smallest absolute Gasteiger partial charge is 0.305 e. The molecule has 0 spiro atoms. The van der Waals surface area contributed by atoms with E-state index in [9.17, 15) is 14.0 Å². The first-order valence-corrected chi connectivity index (χ1v) is 12.2. The van der Waals surface area contributed by atoms with Crippen LogP contribution < -0.4 is 20.1 Å². The largest absolute Gasteiger partial charge is 0.497 e. The van der Waals surface area contributed by atoms with Gasteiger partial charge in [-0.3, -0.25) is 14.6 Å². The number of carboxylic acid groups (broad SMARTS) is 1. The van der Waals surface area contributed by atoms with Crippen LogP contribution in [0.1, 0.15) is 22.5 Å². The molecule has 0 atom stereocenters. The van der Waals surface area contributed by atoms with Crippen molar-refractivity contribution in [1.29, 1.82) is 0 Å². The molecule has 39 heavy (non-hydrogen) atoms. The van der Waals surface area contributed by atoms with E-state index in [1.165, 1.54) is 0 Å². The Kier molecular flexibility index (Phi) is 9.07. The Bertz CT molecular complexity index is 1430. The molecule has 200 valence electrons. The lowest BCUT2D eigenvalue weighted by molar-refractivity contribution is -0.136. The quantitative estimate of drug-likeness (QED) is 0.221. The van der Waals surface area contributed by atoms with Crippen molar-refractivity contribution in [3.05, 3.63) is 96.3 Å². The SMILES string of the molecule is COc1ccc(CNc2ccc(-c3cccc(OCF)c3)cc2)c(-c2ccc(C(=O)NCCC(=O)O)nc2)c1. The van der Waals surface area contributed by atoms with Crippen LogP contribution in [0.25, 0.3) is 22.3 Å². The van der Waals surface area contributed by atoms with Gasteiger partial charge in [0.2, 0.25) is 6.86 Å². The molecule has 3 aromatic carbocycles. The number of aromatic nitrogens is 1. The van der Waals surface area contributed by atoms with Gasteiger partial charge in [-0.2, -0.15) is 0 Å². The summed E-state index contributed by atoms with van der Waals surface area (Å²) in [5.41, 5.74) is 5.73. The summed E-state index contributed by atoms with van der Waals surface area (Å²) in [6.45, 7) is -0.316. The van der Waals surface area contributed by atoms with Gasteiger partial charge in [-0.25, -0.2) is 4.39 Å². The summed E-state index contributed by atoms with van der Waals surface area (Å²) in [5.74, 6) is -0.248. The maximum atomic E-state index is 12.5. The third-order valence-corrected chi connectivity index (χ3v) is 6.01. The number of nitrogens with one attached hydrogen (secondary N) is 2. The third kappa shape index (κ3) is 7.32. The monoisotopic (exact) mass is 529 g/mol. The Morgan fingerprint density at radius 3 is 2.41 bits per heavy atom. The Morgan fingerprint density at radius 1 is 0.923 bits per heavy atom. The molecule has 1 aromatic heterocycles. The minimum absolute atomic E-state index is 0.0320. The van der Waals surface area contributed by atoms with Crippen LogP contribution in [-0.2, 0) is 11.3 Å². The number of amides is 1. The number of nitrogens with zero attached hydrogens (tertiary/aromatic N) is 1. The van der Waals surface area contributed by atoms with Crippen molar-refractivity contribution in [2.75, 3.05) is 25.8 Å². The van der Waals surface area contributed by atoms with Gasteiger partial charge in [0.15, 0.2) is 0 Å². The Labute approximate surface area is 225 Å². The van der Waals surface area contributed by atoms with Crippen molar-refractivity contribution in [3.8, 4) is 33.8 Å². The number of carboxylic acids is 1. The van der Waals surface area contributed by atoms with Crippen molar-refractivity contribution in [3.63, 3.8) is 0 Å². The number of alkyl halides is 1. The second kappa shape index (κ2) is 13.0. The molecule has 0 saturated carbocycles. The average molecular weight is 530 g/mol. The predicted molar refractivity (Wildman–Crippen MR) is 147 cm³/mol. The summed E-state index contributed by atoms with van der Waals surface area (Å²) in [5, 5.41) is 14.7. The van der Waals surface area contributed by atoms with Crippen LogP contribution in [0.2, 0.25) is 0 Å². The minimum atomic E-state index is -0.983. The molecule has 0 bridgehead atoms. The van der Waals surface area contributed by atoms with Crippen LogP contribution >= 0.6 is 0 Å². The molecule has 1 amide bonds. The fraction of sp³-hybridized carbons (Fsp3) is 0.167. The maximum Gasteiger partial charge on any atom is 0.305 e. The molecule has 4 rings (SSSR count). The molecular weight excluding hydrogens is 501 g/mol. The number of ether oxygens (including phenoxy) is 2. The summed E-state index contributed by atoms with van der Waals surface area (Å²) in [4.78, 5) is 27.2. The van der Waals surface area contributed by atoms with E-state index in [-0.39, 0.29) is 18.7 Å². The average Bonchev–Trinajstić information content (AvgIpc) is 2.96. The Balaban J connectivity index is 1.47. The van der Waals surface area contributed by atoms with Crippen molar-refractivity contribution >= 4 is 17.6 Å². The van der Waals surface area contributed by atoms with E-state index in [1.807, 2.05) is 54.6 Å². The number of halogens is 1. The number of benzene rings is 3. The lowest BCUT2D eigenvalue weighted by Gasteiger charge is -2.14. The summed E-state index contributed by atoms with van der Waals surface area (Å²) in [7, 11) is 1.60. The minimum Gasteiger partial charge on any atom is -0.497 e. The van der Waals surface area contributed by atoms with Crippen molar-refractivity contribution < 1.29 is 28.6 Å². The molecular formula is C30H28FN3O5. The molecule has 0 aliphatic carbocycles. The molecule has 9 heteroatoms. The van der Waals surface area contributed by atoms with E-state index in [1.54, 1.807) is 37.6 Å². The summed E-state index contributed by atoms with van der Waals surface area (Å²) in [6.07, 6.45) is 1.45. The zero-order chi connectivity index (χ0) is 27.6. The number of aliphatic carboxylic acids is 1. The molecule has 3 N–H and O–H groups in total. The zero-order valence-corrected chi connectivity index (χ0v) is 21.3. The topological polar surface area (TPSA) is 110 Å². The fourth-order valence-corrected chi connectivity index (χ4v) is 3.97. The standard InChI is InChI=1S/C30H28FN3O5/c1-38-25-11-7-22(27(16-25)23-8-12-28(34-18-23)30(37)32-14-13-29(35)36)17-33-24-9-5-20(6-10-24)21-3-2-4-26(15-21)39-19-31/h2-12,15-16,18,33H,13-14,17,19H2,1H3,(H,32,37)(H,35,36). The van der Waals surface area contributed by atoms with E-state index < -0.39 is 18.7 Å². The van der Waals surface area contributed by atoms with Gasteiger partial charge in [-0.1, -0.05) is 36.4 Å². The van der Waals surface area contributed by atoms with Gasteiger partial charge < -0.3 is 25.2 Å². The molecule has 0 saturated heterocycles. The van der Waals surface area contributed by atoms with Gasteiger partial charge in [0.25, 0.3) is 5.91 Å². The van der Waals surface area contributed by atoms with E-state index in [2.05, 4.69) is 15.6 Å². The number of hydrogen-bond acceptors (Lipinski definition) is 6. The highest BCUT2D eigenvalue weighted by Crippen LogP contribution is 2.29. The lowest BCUT2D eigenvalue weighted by atomic mass is 10.00. The summed E-state index contributed by atoms with van der Waals surface area (Å²) in [6, 6.07) is 24.4. The second-order valence-corrected chi connectivity index (χ2v) is 8.57. The first-order chi connectivity index (χ1) is 19.0. The van der Waals surface area contributed by atoms with Crippen LogP contribution in [0.3, 0.4) is 0 Å². The lowest BCUT2D eigenvalue weighted by Crippen LogP contribution is -2.26. The first kappa shape index (κ1) is 27.1. The highest BCUT2D eigenvalue weighted by atomic mass is 19.1. The summed E-state index contributed by atoms with van der Waals surface area (Å²) < 4.78 is 22.9. The number of hydrogen-bond donors (Lipinski definition) is 3. The number of pyridine rings is 1. The van der Waals surface area contributed by atoms with Gasteiger partial charge >= 0.3 is 5.97 Å². The van der Waals surface area contributed by atoms with Crippen molar-refractivity contribution in [2.24, 2.45) is 0 Å². The van der Waals surface area contributed by atoms with Crippen molar-refractivity contribution in [2.45, 2.75) is 13.0 Å². The molecule has 0 aliphatic heterocycles. The number of methoxy groups -OCH3 is 1. The summed E-state index contributed by atoms with van der Waals surface area (Å²) >= 11 is 0. The molecule has 0 fully saturated rings. The molecule has 0 radical (unpaired) electrons. The van der Waals surface area contributed by atoms with Gasteiger partial charge in [0, 0.05) is 30.5 Å². The van der Waals surface area contributed by atoms with Gasteiger partial charge in [0.1, 0.15) is 17.2 Å². The highest BCUT2D eigenvalue weighted by Gasteiger charge is 2.12. The number of carbonyl (C=O) groups is 2. The normalized spacial score (nSPS) is 10.5. The molecule has 4 aromatic rings. The Morgan fingerprint density at radius 2 is 1.72 bits per heavy atom. The van der Waals surface area contributed by atoms with Crippen LogP contribution in [0.15, 0.2) is 85.1 Å². The van der Waals surface area contributed by atoms with E-state index in [0.717, 1.165) is 33.5 Å². The van der Waals surface area contributed by atoms with Crippen LogP contribution in [0.5, 0.6) is 11.5 Å². The molecule has 0 aliphatic rings. The fourth-order valence-electron chi connectivity index (χ4n) is 3.97. The third-order valence-electron chi connectivity index (χ3n) is 6.01. The van der Waals surface area contributed by atoms with Crippen LogP contribution in [0, 0.1) is 0 Å². The molecule has 0 unspecified atom stereocenters. The number of carbonyl (C=O) groups excluding carboxylic acids is 1. The zero-order valence-electron chi connectivity index (χ0n) is 21.3. The highest BCUT2D eigenvalue weighted by molar-refractivity contribution is 5.92. The number of rotatable bonds is 12. The first-order valence-electron chi connectivity index (χ1n) is 12.2. The maximum absolute atomic E-state index is 12.5. The van der Waals surface area contributed by atoms with E-state index in [4.69, 9.17) is 14.6 Å². The Hall–Kier alpha value is -4.92. The predicted octanol–water partition coefficient (Wildman–Crippen LogP) is 5.55. The van der Waals surface area contributed by atoms with E-state index in [0.29, 0.717) is 18.0 Å². The van der Waals surface area contributed by atoms with E-state index >= 15 is 0 Å². The molecule has 1 heterocycles.